The standard InChI is InChI=1S/C20H12BrF4N3O6S/c21-11-6-5-10(14(22)7-11)9-27-16(30)12-3-1-2-4-13(12)19(17(27)31)8-15(29)28(18(19)32)26-35(33,34)20(23,24)25/h1-7,26H,8-9H2. The lowest BCUT2D eigenvalue weighted by Crippen LogP contribution is -2.59. The summed E-state index contributed by atoms with van der Waals surface area (Å²) >= 11 is 3.06. The Hall–Kier alpha value is -3.17. The van der Waals surface area contributed by atoms with Gasteiger partial charge >= 0.3 is 15.5 Å². The molecule has 4 amide bonds. The number of nitrogens with zero attached hydrogens (tertiary/aromatic N) is 2. The van der Waals surface area contributed by atoms with Gasteiger partial charge in [0.05, 0.1) is 13.0 Å². The van der Waals surface area contributed by atoms with E-state index in [0.29, 0.717) is 9.37 Å². The van der Waals surface area contributed by atoms with E-state index >= 15 is 0 Å². The Labute approximate surface area is 202 Å². The average Bonchev–Trinajstić information content (AvgIpc) is 3.01. The first-order chi connectivity index (χ1) is 16.2. The number of benzene rings is 2. The van der Waals surface area contributed by atoms with Crippen molar-refractivity contribution < 1.29 is 45.2 Å². The molecule has 1 fully saturated rings. The zero-order valence-corrected chi connectivity index (χ0v) is 19.5. The van der Waals surface area contributed by atoms with Crippen LogP contribution in [-0.4, -0.2) is 47.5 Å². The highest BCUT2D eigenvalue weighted by Gasteiger charge is 2.64. The third kappa shape index (κ3) is 3.83. The average molecular weight is 578 g/mol. The highest BCUT2D eigenvalue weighted by atomic mass is 79.9. The molecule has 0 aromatic heterocycles. The molecule has 2 heterocycles. The summed E-state index contributed by atoms with van der Waals surface area (Å²) in [4.78, 5) is 53.8. The SMILES string of the molecule is O=C1c2ccccc2C2(CC(=O)N(NS(=O)(=O)C(F)(F)F)C2=O)C(=O)N1Cc1ccc(Br)cc1F. The number of carbonyl (C=O) groups excluding carboxylic acids is 4. The number of nitrogens with one attached hydrogen (secondary N) is 1. The van der Waals surface area contributed by atoms with Crippen LogP contribution in [0, 0.1) is 5.82 Å². The first-order valence-electron chi connectivity index (χ1n) is 9.56. The van der Waals surface area contributed by atoms with Crippen LogP contribution in [0.3, 0.4) is 0 Å². The summed E-state index contributed by atoms with van der Waals surface area (Å²) < 4.78 is 76.4. The second kappa shape index (κ2) is 8.20. The lowest BCUT2D eigenvalue weighted by Gasteiger charge is -2.37. The predicted octanol–water partition coefficient (Wildman–Crippen LogP) is 2.12. The third-order valence-electron chi connectivity index (χ3n) is 5.57. The van der Waals surface area contributed by atoms with Crippen molar-refractivity contribution in [3.8, 4) is 0 Å². The molecule has 1 N–H and O–H groups in total. The van der Waals surface area contributed by atoms with Crippen LogP contribution in [-0.2, 0) is 36.4 Å². The van der Waals surface area contributed by atoms with Crippen molar-refractivity contribution in [1.29, 1.82) is 0 Å². The molecule has 184 valence electrons. The first kappa shape index (κ1) is 24.9. The molecule has 2 aromatic rings. The van der Waals surface area contributed by atoms with E-state index in [4.69, 9.17) is 0 Å². The number of amides is 4. The summed E-state index contributed by atoms with van der Waals surface area (Å²) in [6, 6.07) is 8.84. The normalized spacial score (nSPS) is 20.7. The molecule has 0 saturated carbocycles. The lowest BCUT2D eigenvalue weighted by molar-refractivity contribution is -0.147. The van der Waals surface area contributed by atoms with Crippen molar-refractivity contribution in [2.45, 2.75) is 23.9 Å². The Morgan fingerprint density at radius 2 is 1.69 bits per heavy atom. The molecule has 1 unspecified atom stereocenters. The van der Waals surface area contributed by atoms with Gasteiger partial charge in [-0.1, -0.05) is 40.2 Å². The molecule has 15 heteroatoms. The van der Waals surface area contributed by atoms with Gasteiger partial charge in [0.25, 0.3) is 17.7 Å². The number of hydrazine groups is 1. The van der Waals surface area contributed by atoms with Gasteiger partial charge in [0.15, 0.2) is 5.41 Å². The topological polar surface area (TPSA) is 121 Å². The fraction of sp³-hybridized carbons (Fsp3) is 0.200. The number of hydrogen-bond donors (Lipinski definition) is 1. The van der Waals surface area contributed by atoms with Gasteiger partial charge in [-0.05, 0) is 23.8 Å². The Morgan fingerprint density at radius 3 is 2.31 bits per heavy atom. The van der Waals surface area contributed by atoms with E-state index in [1.807, 2.05) is 0 Å². The van der Waals surface area contributed by atoms with Gasteiger partial charge in [0, 0.05) is 15.6 Å². The van der Waals surface area contributed by atoms with Crippen molar-refractivity contribution >= 4 is 49.6 Å². The first-order valence-corrected chi connectivity index (χ1v) is 11.8. The molecule has 0 bridgehead atoms. The van der Waals surface area contributed by atoms with E-state index in [0.717, 1.165) is 17.0 Å². The van der Waals surface area contributed by atoms with Crippen LogP contribution < -0.4 is 4.83 Å². The maximum Gasteiger partial charge on any atom is 0.513 e. The lowest BCUT2D eigenvalue weighted by atomic mass is 9.72. The molecule has 0 aliphatic carbocycles. The highest BCUT2D eigenvalue weighted by Crippen LogP contribution is 2.44. The number of sulfonamides is 1. The number of rotatable bonds is 4. The summed E-state index contributed by atoms with van der Waals surface area (Å²) in [5.74, 6) is -6.12. The molecule has 9 nitrogen and oxygen atoms in total. The van der Waals surface area contributed by atoms with Crippen molar-refractivity contribution in [2.75, 3.05) is 0 Å². The molecular weight excluding hydrogens is 566 g/mol. The number of hydrogen-bond acceptors (Lipinski definition) is 6. The minimum atomic E-state index is -6.19. The van der Waals surface area contributed by atoms with Crippen molar-refractivity contribution in [2.24, 2.45) is 0 Å². The molecule has 1 spiro atoms. The van der Waals surface area contributed by atoms with Crippen LogP contribution in [0.2, 0.25) is 0 Å². The molecule has 2 aromatic carbocycles. The highest BCUT2D eigenvalue weighted by molar-refractivity contribution is 9.10. The van der Waals surface area contributed by atoms with Crippen molar-refractivity contribution in [1.82, 2.24) is 14.7 Å². The summed E-state index contributed by atoms with van der Waals surface area (Å²) in [5, 5.41) is -0.397. The van der Waals surface area contributed by atoms with Crippen LogP contribution in [0.1, 0.15) is 27.9 Å². The van der Waals surface area contributed by atoms with E-state index in [1.54, 1.807) is 0 Å². The largest absolute Gasteiger partial charge is 0.513 e. The summed E-state index contributed by atoms with van der Waals surface area (Å²) in [6.07, 6.45) is -1.06. The van der Waals surface area contributed by atoms with Crippen molar-refractivity contribution in [3.63, 3.8) is 0 Å². The maximum atomic E-state index is 14.4. The Balaban J connectivity index is 1.82. The minimum absolute atomic E-state index is 0.129. The third-order valence-corrected chi connectivity index (χ3v) is 7.09. The zero-order valence-electron chi connectivity index (χ0n) is 17.1. The van der Waals surface area contributed by atoms with E-state index < -0.39 is 68.4 Å². The second-order valence-corrected chi connectivity index (χ2v) is 10.2. The number of fused-ring (bicyclic) bond motifs is 2. The van der Waals surface area contributed by atoms with Gasteiger partial charge in [-0.3, -0.25) is 24.1 Å². The van der Waals surface area contributed by atoms with E-state index in [9.17, 15) is 45.2 Å². The van der Waals surface area contributed by atoms with Gasteiger partial charge in [0.2, 0.25) is 5.91 Å². The molecule has 1 saturated heterocycles. The number of imide groups is 2. The van der Waals surface area contributed by atoms with Gasteiger partial charge in [-0.25, -0.2) is 12.8 Å². The predicted molar refractivity (Wildman–Crippen MR) is 112 cm³/mol. The fourth-order valence-corrected chi connectivity index (χ4v) is 4.78. The van der Waals surface area contributed by atoms with E-state index in [2.05, 4.69) is 15.9 Å². The maximum absolute atomic E-state index is 14.4. The second-order valence-electron chi connectivity index (χ2n) is 7.63. The molecule has 0 radical (unpaired) electrons. The van der Waals surface area contributed by atoms with Crippen LogP contribution in [0.25, 0.3) is 0 Å². The molecule has 2 aliphatic heterocycles. The van der Waals surface area contributed by atoms with E-state index in [1.165, 1.54) is 30.3 Å². The smallest absolute Gasteiger partial charge is 0.273 e. The molecular formula is C20H12BrF4N3O6S. The number of halogens is 5. The van der Waals surface area contributed by atoms with Crippen molar-refractivity contribution in [3.05, 3.63) is 69.4 Å². The summed E-state index contributed by atoms with van der Waals surface area (Å²) in [6.45, 7) is -0.664. The van der Waals surface area contributed by atoms with E-state index in [-0.39, 0.29) is 16.7 Å². The molecule has 1 atom stereocenters. The Morgan fingerprint density at radius 1 is 1.03 bits per heavy atom. The Bertz CT molecular complexity index is 1410. The van der Waals surface area contributed by atoms with Gasteiger partial charge in [-0.15, -0.1) is 4.83 Å². The number of carbonyl (C=O) groups is 4. The van der Waals surface area contributed by atoms with Gasteiger partial charge in [-0.2, -0.15) is 18.2 Å². The van der Waals surface area contributed by atoms with Crippen LogP contribution in [0.15, 0.2) is 46.9 Å². The quantitative estimate of drug-likeness (QED) is 0.337. The van der Waals surface area contributed by atoms with Crippen LogP contribution >= 0.6 is 15.9 Å². The van der Waals surface area contributed by atoms with Crippen LogP contribution in [0.5, 0.6) is 0 Å². The summed E-state index contributed by atoms with van der Waals surface area (Å²) in [5.41, 5.74) is -9.04. The summed E-state index contributed by atoms with van der Waals surface area (Å²) in [7, 11) is -6.19. The monoisotopic (exact) mass is 577 g/mol. The van der Waals surface area contributed by atoms with Crippen LogP contribution in [0.4, 0.5) is 17.6 Å². The molecule has 2 aliphatic rings. The number of alkyl halides is 3. The Kier molecular flexibility index (Phi) is 5.84. The molecule has 35 heavy (non-hydrogen) atoms. The minimum Gasteiger partial charge on any atom is -0.273 e. The molecule has 4 rings (SSSR count). The van der Waals surface area contributed by atoms with Gasteiger partial charge < -0.3 is 0 Å². The van der Waals surface area contributed by atoms with Gasteiger partial charge in [0.1, 0.15) is 5.82 Å². The zero-order chi connectivity index (χ0) is 25.9. The fourth-order valence-electron chi connectivity index (χ4n) is 3.92.